The van der Waals surface area contributed by atoms with Gasteiger partial charge in [-0.05, 0) is 12.5 Å². The summed E-state index contributed by atoms with van der Waals surface area (Å²) in [5, 5.41) is 12.4. The summed E-state index contributed by atoms with van der Waals surface area (Å²) in [6, 6.07) is 0. The van der Waals surface area contributed by atoms with Crippen LogP contribution in [0.25, 0.3) is 10.4 Å². The maximum atomic E-state index is 9.17. The van der Waals surface area contributed by atoms with Crippen molar-refractivity contribution in [2.24, 2.45) is 5.11 Å². The third kappa shape index (κ3) is 7.55. The number of aliphatic hydroxyl groups is 1. The molecule has 6 heteroatoms. The topological polar surface area (TPSA) is 87.5 Å². The van der Waals surface area contributed by atoms with Crippen molar-refractivity contribution < 1.29 is 14.6 Å². The van der Waals surface area contributed by atoms with E-state index in [0.29, 0.717) is 6.61 Å². The summed E-state index contributed by atoms with van der Waals surface area (Å²) in [4.78, 5) is 2.52. The molecule has 0 aromatic carbocycles. The van der Waals surface area contributed by atoms with Gasteiger partial charge in [0.1, 0.15) is 0 Å². The van der Waals surface area contributed by atoms with Gasteiger partial charge in [0.05, 0.1) is 32.0 Å². The molecule has 76 valence electrons. The molecule has 0 saturated heterocycles. The minimum Gasteiger partial charge on any atom is -0.391 e. The van der Waals surface area contributed by atoms with Gasteiger partial charge in [0, 0.05) is 12.0 Å². The monoisotopic (exact) mass is 189 g/mol. The van der Waals surface area contributed by atoms with Gasteiger partial charge in [-0.2, -0.15) is 0 Å². The van der Waals surface area contributed by atoms with Gasteiger partial charge in [0.15, 0.2) is 0 Å². The van der Waals surface area contributed by atoms with E-state index in [1.54, 1.807) is 7.11 Å². The summed E-state index contributed by atoms with van der Waals surface area (Å²) in [5.74, 6) is 0. The first-order chi connectivity index (χ1) is 6.20. The van der Waals surface area contributed by atoms with E-state index in [0.717, 1.165) is 0 Å². The number of methoxy groups -OCH3 is 1. The zero-order valence-electron chi connectivity index (χ0n) is 7.88. The highest BCUT2D eigenvalue weighted by molar-refractivity contribution is 4.59. The average molecular weight is 189 g/mol. The van der Waals surface area contributed by atoms with Gasteiger partial charge in [-0.3, -0.25) is 0 Å². The number of nitrogens with zero attached hydrogens (tertiary/aromatic N) is 3. The van der Waals surface area contributed by atoms with Gasteiger partial charge in [0.25, 0.3) is 0 Å². The van der Waals surface area contributed by atoms with E-state index in [1.165, 1.54) is 0 Å². The van der Waals surface area contributed by atoms with Crippen LogP contribution >= 0.6 is 0 Å². The van der Waals surface area contributed by atoms with Crippen LogP contribution in [0.5, 0.6) is 0 Å². The van der Waals surface area contributed by atoms with E-state index in [4.69, 9.17) is 20.1 Å². The number of rotatable bonds is 7. The molecule has 0 aromatic heterocycles. The largest absolute Gasteiger partial charge is 0.391 e. The molecule has 0 aliphatic rings. The number of hydrogen-bond donors (Lipinski definition) is 1. The van der Waals surface area contributed by atoms with Gasteiger partial charge in [-0.15, -0.1) is 0 Å². The van der Waals surface area contributed by atoms with Crippen LogP contribution in [0.4, 0.5) is 0 Å². The third-order valence-electron chi connectivity index (χ3n) is 1.33. The summed E-state index contributed by atoms with van der Waals surface area (Å²) in [7, 11) is 1.58. The molecular weight excluding hydrogens is 174 g/mol. The SMILES string of the molecule is COCC(C)OCC(O)CN=[N+]=[N-]. The standard InChI is InChI=1S/C7H15N3O3/c1-6(4-12-2)13-5-7(11)3-9-10-8/h6-7,11H,3-5H2,1-2H3. The smallest absolute Gasteiger partial charge is 0.0830 e. The average Bonchev–Trinajstić information content (AvgIpc) is 2.12. The Morgan fingerprint density at radius 2 is 2.23 bits per heavy atom. The second-order valence-electron chi connectivity index (χ2n) is 2.67. The highest BCUT2D eigenvalue weighted by atomic mass is 16.5. The highest BCUT2D eigenvalue weighted by Gasteiger charge is 2.06. The minimum absolute atomic E-state index is 0.0379. The quantitative estimate of drug-likeness (QED) is 0.363. The summed E-state index contributed by atoms with van der Waals surface area (Å²) in [6.45, 7) is 2.51. The van der Waals surface area contributed by atoms with Crippen molar-refractivity contribution in [2.45, 2.75) is 19.1 Å². The zero-order chi connectivity index (χ0) is 10.1. The van der Waals surface area contributed by atoms with E-state index in [9.17, 15) is 0 Å². The van der Waals surface area contributed by atoms with E-state index in [-0.39, 0.29) is 19.3 Å². The first kappa shape index (κ1) is 12.2. The fourth-order valence-corrected chi connectivity index (χ4v) is 0.742. The van der Waals surface area contributed by atoms with Crippen molar-refractivity contribution in [1.82, 2.24) is 0 Å². The van der Waals surface area contributed by atoms with E-state index >= 15 is 0 Å². The molecule has 13 heavy (non-hydrogen) atoms. The van der Waals surface area contributed by atoms with Crippen LogP contribution in [0.2, 0.25) is 0 Å². The van der Waals surface area contributed by atoms with Crippen LogP contribution < -0.4 is 0 Å². The van der Waals surface area contributed by atoms with Crippen molar-refractivity contribution in [1.29, 1.82) is 0 Å². The third-order valence-corrected chi connectivity index (χ3v) is 1.33. The Bertz CT molecular complexity index is 170. The Morgan fingerprint density at radius 1 is 1.54 bits per heavy atom. The molecule has 0 saturated carbocycles. The van der Waals surface area contributed by atoms with Crippen LogP contribution in [-0.4, -0.2) is 44.2 Å². The first-order valence-corrected chi connectivity index (χ1v) is 4.00. The molecule has 0 aliphatic heterocycles. The molecule has 2 unspecified atom stereocenters. The molecule has 0 fully saturated rings. The van der Waals surface area contributed by atoms with Gasteiger partial charge >= 0.3 is 0 Å². The minimum atomic E-state index is -0.741. The van der Waals surface area contributed by atoms with E-state index < -0.39 is 6.10 Å². The van der Waals surface area contributed by atoms with Crippen molar-refractivity contribution in [2.75, 3.05) is 26.9 Å². The highest BCUT2D eigenvalue weighted by Crippen LogP contribution is 1.94. The predicted octanol–water partition coefficient (Wildman–Crippen LogP) is 0.709. The molecule has 0 spiro atoms. The van der Waals surface area contributed by atoms with Crippen molar-refractivity contribution in [3.63, 3.8) is 0 Å². The Hall–Kier alpha value is -0.810. The second kappa shape index (κ2) is 7.82. The lowest BCUT2D eigenvalue weighted by Gasteiger charge is -2.14. The first-order valence-electron chi connectivity index (χ1n) is 4.00. The van der Waals surface area contributed by atoms with Gasteiger partial charge in [-0.25, -0.2) is 0 Å². The Balaban J connectivity index is 3.44. The Morgan fingerprint density at radius 3 is 2.77 bits per heavy atom. The van der Waals surface area contributed by atoms with Crippen LogP contribution in [-0.2, 0) is 9.47 Å². The van der Waals surface area contributed by atoms with Gasteiger partial charge in [0.2, 0.25) is 0 Å². The summed E-state index contributed by atoms with van der Waals surface area (Å²) < 4.78 is 10.0. The lowest BCUT2D eigenvalue weighted by atomic mass is 10.4. The lowest BCUT2D eigenvalue weighted by molar-refractivity contribution is -0.0291. The normalized spacial score (nSPS) is 14.7. The van der Waals surface area contributed by atoms with Crippen molar-refractivity contribution >= 4 is 0 Å². The van der Waals surface area contributed by atoms with Crippen LogP contribution in [0.15, 0.2) is 5.11 Å². The molecule has 0 bridgehead atoms. The lowest BCUT2D eigenvalue weighted by Crippen LogP contribution is -2.24. The molecule has 0 aromatic rings. The maximum Gasteiger partial charge on any atom is 0.0830 e. The van der Waals surface area contributed by atoms with E-state index in [1.807, 2.05) is 6.92 Å². The van der Waals surface area contributed by atoms with Gasteiger partial charge in [-0.1, -0.05) is 5.11 Å². The van der Waals surface area contributed by atoms with Crippen molar-refractivity contribution in [3.8, 4) is 0 Å². The Kier molecular flexibility index (Phi) is 7.33. The van der Waals surface area contributed by atoms with Crippen LogP contribution in [0.1, 0.15) is 6.92 Å². The molecule has 0 rings (SSSR count). The van der Waals surface area contributed by atoms with Crippen molar-refractivity contribution in [3.05, 3.63) is 10.4 Å². The van der Waals surface area contributed by atoms with E-state index in [2.05, 4.69) is 10.0 Å². The number of hydrogen-bond acceptors (Lipinski definition) is 4. The van der Waals surface area contributed by atoms with Gasteiger partial charge < -0.3 is 14.6 Å². The fraction of sp³-hybridized carbons (Fsp3) is 1.00. The zero-order valence-corrected chi connectivity index (χ0v) is 7.88. The fourth-order valence-electron chi connectivity index (χ4n) is 0.742. The molecule has 0 aliphatic carbocycles. The predicted molar refractivity (Wildman–Crippen MR) is 47.3 cm³/mol. The maximum absolute atomic E-state index is 9.17. The molecule has 0 radical (unpaired) electrons. The molecule has 6 nitrogen and oxygen atoms in total. The molecular formula is C7H15N3O3. The molecule has 2 atom stereocenters. The number of ether oxygens (including phenoxy) is 2. The molecule has 1 N–H and O–H groups in total. The second-order valence-corrected chi connectivity index (χ2v) is 2.67. The summed E-state index contributed by atoms with van der Waals surface area (Å²) in [5.41, 5.74) is 7.96. The molecule has 0 amide bonds. The number of aliphatic hydroxyl groups excluding tert-OH is 1. The number of azide groups is 1. The van der Waals surface area contributed by atoms with Crippen LogP contribution in [0.3, 0.4) is 0 Å². The molecule has 0 heterocycles. The summed E-state index contributed by atoms with van der Waals surface area (Å²) >= 11 is 0. The summed E-state index contributed by atoms with van der Waals surface area (Å²) in [6.07, 6.45) is -0.805. The van der Waals surface area contributed by atoms with Crippen LogP contribution in [0, 0.1) is 0 Å². The Labute approximate surface area is 77.1 Å².